The smallest absolute Gasteiger partial charge is 0.451 e. The van der Waals surface area contributed by atoms with Gasteiger partial charge in [0.2, 0.25) is 11.7 Å². The van der Waals surface area contributed by atoms with Crippen LogP contribution in [0.5, 0.6) is 5.88 Å². The Morgan fingerprint density at radius 2 is 2.00 bits per heavy atom. The van der Waals surface area contributed by atoms with Crippen molar-refractivity contribution in [2.75, 3.05) is 6.61 Å². The molecule has 3 rings (SSSR count). The van der Waals surface area contributed by atoms with E-state index in [0.717, 1.165) is 19.3 Å². The zero-order chi connectivity index (χ0) is 17.4. The lowest BCUT2D eigenvalue weighted by Gasteiger charge is -2.34. The normalized spacial score (nSPS) is 29.0. The van der Waals surface area contributed by atoms with Gasteiger partial charge in [-0.3, -0.25) is 0 Å². The first kappa shape index (κ1) is 17.4. The Bertz CT molecular complexity index is 579. The van der Waals surface area contributed by atoms with Gasteiger partial charge in [-0.25, -0.2) is 14.8 Å². The number of halogens is 3. The van der Waals surface area contributed by atoms with Gasteiger partial charge in [0, 0.05) is 12.5 Å². The summed E-state index contributed by atoms with van der Waals surface area (Å²) in [5.74, 6) is -1.48. The molecule has 1 spiro atoms. The van der Waals surface area contributed by atoms with Gasteiger partial charge in [0.05, 0.1) is 18.4 Å². The predicted molar refractivity (Wildman–Crippen MR) is 74.9 cm³/mol. The molecular formula is C15H19F3N2O4. The molecule has 134 valence electrons. The summed E-state index contributed by atoms with van der Waals surface area (Å²) in [4.78, 5) is 17.1. The van der Waals surface area contributed by atoms with Crippen LogP contribution in [-0.4, -0.2) is 33.4 Å². The molecule has 1 aliphatic heterocycles. The second-order valence-electron chi connectivity index (χ2n) is 6.28. The van der Waals surface area contributed by atoms with Crippen molar-refractivity contribution in [2.45, 2.75) is 63.0 Å². The van der Waals surface area contributed by atoms with Gasteiger partial charge in [-0.2, -0.15) is 18.2 Å². The number of rotatable bonds is 3. The van der Waals surface area contributed by atoms with Gasteiger partial charge >= 0.3 is 6.18 Å². The number of alkyl halides is 3. The number of ether oxygens (including phenoxy) is 1. The molecular weight excluding hydrogens is 329 g/mol. The number of aliphatic hydroxyl groups is 1. The average molecular weight is 348 g/mol. The van der Waals surface area contributed by atoms with Crippen LogP contribution in [0.25, 0.3) is 0 Å². The molecule has 0 bridgehead atoms. The van der Waals surface area contributed by atoms with Crippen molar-refractivity contribution in [2.24, 2.45) is 0 Å². The summed E-state index contributed by atoms with van der Waals surface area (Å²) in [6, 6.07) is 1.25. The second-order valence-corrected chi connectivity index (χ2v) is 6.28. The third-order valence-corrected chi connectivity index (χ3v) is 4.41. The Balaban J connectivity index is 1.71. The van der Waals surface area contributed by atoms with E-state index in [-0.39, 0.29) is 23.3 Å². The summed E-state index contributed by atoms with van der Waals surface area (Å²) in [6.45, 7) is 1.90. The van der Waals surface area contributed by atoms with Crippen LogP contribution in [0.4, 0.5) is 13.2 Å². The fourth-order valence-electron chi connectivity index (χ4n) is 3.02. The van der Waals surface area contributed by atoms with Crippen molar-refractivity contribution in [3.05, 3.63) is 17.6 Å². The van der Waals surface area contributed by atoms with E-state index in [1.807, 2.05) is 0 Å². The number of aliphatic hydroxyl groups excluding tert-OH is 1. The van der Waals surface area contributed by atoms with Gasteiger partial charge in [-0.1, -0.05) is 0 Å². The summed E-state index contributed by atoms with van der Waals surface area (Å²) in [5.41, 5.74) is -0.403. The lowest BCUT2D eigenvalue weighted by Crippen LogP contribution is -2.37. The molecule has 2 heterocycles. The standard InChI is InChI=1S/C15H19F3N2O4/c1-9(21)11-8-12(20-13(19-11)15(16,17)18)23-10-2-4-14(5-3-10)6-7-22-24-14/h8-10,21H,2-7H2,1H3. The first-order valence-corrected chi connectivity index (χ1v) is 7.89. The van der Waals surface area contributed by atoms with Gasteiger partial charge in [-0.15, -0.1) is 0 Å². The molecule has 9 heteroatoms. The third kappa shape index (κ3) is 3.79. The minimum absolute atomic E-state index is 0.118. The highest BCUT2D eigenvalue weighted by Gasteiger charge is 2.42. The maximum Gasteiger partial charge on any atom is 0.451 e. The predicted octanol–water partition coefficient (Wildman–Crippen LogP) is 2.96. The molecule has 1 aliphatic carbocycles. The Hall–Kier alpha value is -1.45. The summed E-state index contributed by atoms with van der Waals surface area (Å²) < 4.78 is 44.3. The molecule has 1 N–H and O–H groups in total. The van der Waals surface area contributed by atoms with Crippen LogP contribution in [0.1, 0.15) is 56.7 Å². The fraction of sp³-hybridized carbons (Fsp3) is 0.733. The first-order valence-electron chi connectivity index (χ1n) is 7.89. The van der Waals surface area contributed by atoms with E-state index < -0.39 is 18.1 Å². The van der Waals surface area contributed by atoms with E-state index in [0.29, 0.717) is 19.4 Å². The fourth-order valence-corrected chi connectivity index (χ4v) is 3.02. The number of hydrogen-bond donors (Lipinski definition) is 1. The van der Waals surface area contributed by atoms with E-state index in [4.69, 9.17) is 14.5 Å². The molecule has 2 aliphatic rings. The van der Waals surface area contributed by atoms with E-state index >= 15 is 0 Å². The van der Waals surface area contributed by atoms with Gasteiger partial charge in [0.15, 0.2) is 0 Å². The second kappa shape index (κ2) is 6.45. The summed E-state index contributed by atoms with van der Waals surface area (Å²) in [7, 11) is 0. The van der Waals surface area contributed by atoms with Crippen LogP contribution >= 0.6 is 0 Å². The molecule has 1 saturated carbocycles. The van der Waals surface area contributed by atoms with E-state index in [9.17, 15) is 18.3 Å². The van der Waals surface area contributed by atoms with E-state index in [1.54, 1.807) is 0 Å². The van der Waals surface area contributed by atoms with Gasteiger partial charge in [0.25, 0.3) is 0 Å². The third-order valence-electron chi connectivity index (χ3n) is 4.41. The number of nitrogens with zero attached hydrogens (tertiary/aromatic N) is 2. The maximum absolute atomic E-state index is 12.9. The SMILES string of the molecule is CC(O)c1cc(OC2CCC3(CCOO3)CC2)nc(C(F)(F)F)n1. The lowest BCUT2D eigenvalue weighted by molar-refractivity contribution is -0.316. The van der Waals surface area contributed by atoms with Crippen LogP contribution < -0.4 is 4.74 Å². The molecule has 0 aromatic carbocycles. The van der Waals surface area contributed by atoms with Crippen molar-refractivity contribution in [1.29, 1.82) is 0 Å². The summed E-state index contributed by atoms with van der Waals surface area (Å²) in [5, 5.41) is 9.54. The van der Waals surface area contributed by atoms with E-state index in [2.05, 4.69) is 9.97 Å². The zero-order valence-electron chi connectivity index (χ0n) is 13.2. The van der Waals surface area contributed by atoms with Crippen LogP contribution in [0.3, 0.4) is 0 Å². The topological polar surface area (TPSA) is 73.7 Å². The van der Waals surface area contributed by atoms with Crippen LogP contribution in [-0.2, 0) is 16.0 Å². The van der Waals surface area contributed by atoms with Crippen molar-refractivity contribution < 1.29 is 32.8 Å². The molecule has 6 nitrogen and oxygen atoms in total. The highest BCUT2D eigenvalue weighted by Crippen LogP contribution is 2.39. The Kier molecular flexibility index (Phi) is 4.67. The molecule has 2 fully saturated rings. The van der Waals surface area contributed by atoms with Gasteiger partial charge in [0.1, 0.15) is 11.7 Å². The first-order chi connectivity index (χ1) is 11.3. The van der Waals surface area contributed by atoms with Crippen LogP contribution in [0.15, 0.2) is 6.07 Å². The minimum atomic E-state index is -4.70. The average Bonchev–Trinajstić information content (AvgIpc) is 2.97. The number of aromatic nitrogens is 2. The van der Waals surface area contributed by atoms with Crippen molar-refractivity contribution in [3.63, 3.8) is 0 Å². The van der Waals surface area contributed by atoms with Gasteiger partial charge < -0.3 is 9.84 Å². The molecule has 0 radical (unpaired) electrons. The lowest BCUT2D eigenvalue weighted by atomic mass is 9.81. The van der Waals surface area contributed by atoms with Crippen LogP contribution in [0, 0.1) is 0 Å². The molecule has 1 saturated heterocycles. The molecule has 1 aromatic heterocycles. The Labute approximate surface area is 136 Å². The monoisotopic (exact) mass is 348 g/mol. The summed E-state index contributed by atoms with van der Waals surface area (Å²) >= 11 is 0. The van der Waals surface area contributed by atoms with Crippen molar-refractivity contribution in [3.8, 4) is 5.88 Å². The molecule has 0 amide bonds. The Morgan fingerprint density at radius 1 is 1.29 bits per heavy atom. The molecule has 1 atom stereocenters. The minimum Gasteiger partial charge on any atom is -0.474 e. The molecule has 24 heavy (non-hydrogen) atoms. The Morgan fingerprint density at radius 3 is 2.54 bits per heavy atom. The largest absolute Gasteiger partial charge is 0.474 e. The van der Waals surface area contributed by atoms with Gasteiger partial charge in [-0.05, 0) is 32.6 Å². The number of hydrogen-bond acceptors (Lipinski definition) is 6. The highest BCUT2D eigenvalue weighted by atomic mass is 19.4. The zero-order valence-corrected chi connectivity index (χ0v) is 13.2. The van der Waals surface area contributed by atoms with Crippen LogP contribution in [0.2, 0.25) is 0 Å². The molecule has 1 unspecified atom stereocenters. The highest BCUT2D eigenvalue weighted by molar-refractivity contribution is 5.19. The molecule has 1 aromatic rings. The maximum atomic E-state index is 12.9. The van der Waals surface area contributed by atoms with Crippen molar-refractivity contribution in [1.82, 2.24) is 9.97 Å². The van der Waals surface area contributed by atoms with E-state index in [1.165, 1.54) is 13.0 Å². The summed E-state index contributed by atoms with van der Waals surface area (Å²) in [6.07, 6.45) is -2.56. The van der Waals surface area contributed by atoms with Crippen molar-refractivity contribution >= 4 is 0 Å². The quantitative estimate of drug-likeness (QED) is 0.847.